The van der Waals surface area contributed by atoms with Crippen LogP contribution in [0.3, 0.4) is 0 Å². The number of nitrogens with zero attached hydrogens (tertiary/aromatic N) is 1. The van der Waals surface area contributed by atoms with E-state index in [0.29, 0.717) is 6.04 Å². The van der Waals surface area contributed by atoms with Gasteiger partial charge in [-0.25, -0.2) is 4.98 Å². The van der Waals surface area contributed by atoms with Gasteiger partial charge in [-0.05, 0) is 52.5 Å². The van der Waals surface area contributed by atoms with E-state index in [1.807, 2.05) is 11.3 Å². The molecule has 0 aromatic carbocycles. The molecule has 0 saturated heterocycles. The lowest BCUT2D eigenvalue weighted by Crippen LogP contribution is -2.29. The number of aryl methyl sites for hydroxylation is 3. The van der Waals surface area contributed by atoms with Crippen molar-refractivity contribution in [2.45, 2.75) is 72.3 Å². The van der Waals surface area contributed by atoms with Crippen LogP contribution in [-0.4, -0.2) is 17.6 Å². The van der Waals surface area contributed by atoms with Gasteiger partial charge in [0.1, 0.15) is 0 Å². The number of hydrogen-bond donors (Lipinski definition) is 1. The van der Waals surface area contributed by atoms with Gasteiger partial charge in [-0.1, -0.05) is 20.3 Å². The molecule has 1 heterocycles. The molecule has 1 aromatic rings. The minimum absolute atomic E-state index is 0.706. The molecule has 18 heavy (non-hydrogen) atoms. The molecular weight excluding hydrogens is 240 g/mol. The van der Waals surface area contributed by atoms with Crippen molar-refractivity contribution < 1.29 is 0 Å². The smallest absolute Gasteiger partial charge is 0.0930 e. The summed E-state index contributed by atoms with van der Waals surface area (Å²) in [6, 6.07) is 0.706. The Kier molecular flexibility index (Phi) is 7.52. The summed E-state index contributed by atoms with van der Waals surface area (Å²) in [7, 11) is 0. The summed E-state index contributed by atoms with van der Waals surface area (Å²) in [6.07, 6.45) is 7.49. The molecule has 0 aliphatic heterocycles. The van der Waals surface area contributed by atoms with Crippen molar-refractivity contribution in [3.05, 3.63) is 15.6 Å². The summed E-state index contributed by atoms with van der Waals surface area (Å²) in [6.45, 7) is 9.93. The third-order valence-corrected chi connectivity index (χ3v) is 4.47. The van der Waals surface area contributed by atoms with Crippen LogP contribution in [0.1, 0.15) is 61.5 Å². The molecule has 0 aliphatic carbocycles. The molecule has 1 rings (SSSR count). The van der Waals surface area contributed by atoms with E-state index in [2.05, 4.69) is 38.0 Å². The van der Waals surface area contributed by atoms with Gasteiger partial charge >= 0.3 is 0 Å². The average Bonchev–Trinajstić information content (AvgIpc) is 2.65. The minimum atomic E-state index is 0.706. The maximum atomic E-state index is 4.61. The molecule has 0 aliphatic rings. The highest BCUT2D eigenvalue weighted by molar-refractivity contribution is 7.11. The topological polar surface area (TPSA) is 24.9 Å². The second-order valence-electron chi connectivity index (χ2n) is 5.08. The lowest BCUT2D eigenvalue weighted by atomic mass is 10.0. The van der Waals surface area contributed by atoms with Crippen LogP contribution < -0.4 is 5.32 Å². The summed E-state index contributed by atoms with van der Waals surface area (Å²) in [5.74, 6) is 0. The normalized spacial score (nSPS) is 12.9. The van der Waals surface area contributed by atoms with E-state index in [-0.39, 0.29) is 0 Å². The van der Waals surface area contributed by atoms with Gasteiger partial charge in [0.25, 0.3) is 0 Å². The Morgan fingerprint density at radius 3 is 2.50 bits per heavy atom. The Morgan fingerprint density at radius 2 is 1.94 bits per heavy atom. The molecule has 0 spiro atoms. The second-order valence-corrected chi connectivity index (χ2v) is 6.37. The van der Waals surface area contributed by atoms with Crippen molar-refractivity contribution in [3.63, 3.8) is 0 Å². The quantitative estimate of drug-likeness (QED) is 0.724. The van der Waals surface area contributed by atoms with Gasteiger partial charge in [0.2, 0.25) is 0 Å². The van der Waals surface area contributed by atoms with Crippen LogP contribution in [0.2, 0.25) is 0 Å². The predicted molar refractivity (Wildman–Crippen MR) is 81.5 cm³/mol. The van der Waals surface area contributed by atoms with Gasteiger partial charge in [0, 0.05) is 10.9 Å². The van der Waals surface area contributed by atoms with Crippen LogP contribution in [0.5, 0.6) is 0 Å². The molecular formula is C15H28N2S. The Bertz CT molecular complexity index is 314. The fourth-order valence-corrected chi connectivity index (χ4v) is 3.17. The zero-order valence-corrected chi connectivity index (χ0v) is 13.2. The number of nitrogens with one attached hydrogen (secondary N) is 1. The second kappa shape index (κ2) is 8.65. The standard InChI is InChI=1S/C15H28N2S/c1-5-8-14(16-11-6-2)9-7-10-15-17-12(3)13(4)18-15/h14,16H,5-11H2,1-4H3. The largest absolute Gasteiger partial charge is 0.314 e. The van der Waals surface area contributed by atoms with Crippen LogP contribution in [0, 0.1) is 13.8 Å². The van der Waals surface area contributed by atoms with Crippen molar-refractivity contribution in [2.75, 3.05) is 6.54 Å². The Labute approximate surface area is 116 Å². The van der Waals surface area contributed by atoms with E-state index in [0.717, 1.165) is 13.0 Å². The van der Waals surface area contributed by atoms with E-state index >= 15 is 0 Å². The Balaban J connectivity index is 2.29. The lowest BCUT2D eigenvalue weighted by molar-refractivity contribution is 0.437. The predicted octanol–water partition coefficient (Wildman–Crippen LogP) is 4.25. The fraction of sp³-hybridized carbons (Fsp3) is 0.800. The Hall–Kier alpha value is -0.410. The van der Waals surface area contributed by atoms with Crippen LogP contribution in [0.25, 0.3) is 0 Å². The first-order valence-corrected chi connectivity index (χ1v) is 8.15. The highest BCUT2D eigenvalue weighted by Crippen LogP contribution is 2.19. The van der Waals surface area contributed by atoms with E-state index in [4.69, 9.17) is 0 Å². The average molecular weight is 268 g/mol. The zero-order chi connectivity index (χ0) is 13.4. The highest BCUT2D eigenvalue weighted by atomic mass is 32.1. The van der Waals surface area contributed by atoms with E-state index in [1.165, 1.54) is 47.7 Å². The SMILES string of the molecule is CCCNC(CCC)CCCc1nc(C)c(C)s1. The summed E-state index contributed by atoms with van der Waals surface area (Å²) >= 11 is 1.87. The van der Waals surface area contributed by atoms with Crippen molar-refractivity contribution in [3.8, 4) is 0 Å². The van der Waals surface area contributed by atoms with Crippen LogP contribution in [0.4, 0.5) is 0 Å². The number of thiazole rings is 1. The first-order valence-electron chi connectivity index (χ1n) is 7.33. The van der Waals surface area contributed by atoms with Crippen molar-refractivity contribution >= 4 is 11.3 Å². The molecule has 0 radical (unpaired) electrons. The van der Waals surface area contributed by atoms with Gasteiger partial charge < -0.3 is 5.32 Å². The van der Waals surface area contributed by atoms with Crippen LogP contribution >= 0.6 is 11.3 Å². The fourth-order valence-electron chi connectivity index (χ4n) is 2.19. The summed E-state index contributed by atoms with van der Waals surface area (Å²) in [5, 5.41) is 4.97. The van der Waals surface area contributed by atoms with Gasteiger partial charge in [-0.3, -0.25) is 0 Å². The van der Waals surface area contributed by atoms with Crippen molar-refractivity contribution in [1.29, 1.82) is 0 Å². The van der Waals surface area contributed by atoms with Gasteiger partial charge in [-0.15, -0.1) is 11.3 Å². The number of rotatable bonds is 9. The first-order chi connectivity index (χ1) is 8.67. The zero-order valence-electron chi connectivity index (χ0n) is 12.4. The first kappa shape index (κ1) is 15.6. The molecule has 0 amide bonds. The van der Waals surface area contributed by atoms with E-state index in [9.17, 15) is 0 Å². The van der Waals surface area contributed by atoms with Gasteiger partial charge in [-0.2, -0.15) is 0 Å². The molecule has 0 saturated carbocycles. The summed E-state index contributed by atoms with van der Waals surface area (Å²) in [4.78, 5) is 5.99. The van der Waals surface area contributed by atoms with E-state index in [1.54, 1.807) is 0 Å². The van der Waals surface area contributed by atoms with Crippen molar-refractivity contribution in [1.82, 2.24) is 10.3 Å². The monoisotopic (exact) mass is 268 g/mol. The lowest BCUT2D eigenvalue weighted by Gasteiger charge is -2.17. The number of aromatic nitrogens is 1. The van der Waals surface area contributed by atoms with Crippen molar-refractivity contribution in [2.24, 2.45) is 0 Å². The maximum Gasteiger partial charge on any atom is 0.0930 e. The summed E-state index contributed by atoms with van der Waals surface area (Å²) < 4.78 is 0. The third-order valence-electron chi connectivity index (χ3n) is 3.34. The maximum absolute atomic E-state index is 4.61. The molecule has 0 bridgehead atoms. The van der Waals surface area contributed by atoms with Gasteiger partial charge in [0.05, 0.1) is 10.7 Å². The molecule has 1 unspecified atom stereocenters. The van der Waals surface area contributed by atoms with E-state index < -0.39 is 0 Å². The molecule has 104 valence electrons. The highest BCUT2D eigenvalue weighted by Gasteiger charge is 2.08. The molecule has 2 nitrogen and oxygen atoms in total. The molecule has 3 heteroatoms. The van der Waals surface area contributed by atoms with Crippen LogP contribution in [0.15, 0.2) is 0 Å². The molecule has 1 N–H and O–H groups in total. The molecule has 0 fully saturated rings. The van der Waals surface area contributed by atoms with Crippen LogP contribution in [-0.2, 0) is 6.42 Å². The minimum Gasteiger partial charge on any atom is -0.314 e. The Morgan fingerprint density at radius 1 is 1.17 bits per heavy atom. The molecule has 1 aromatic heterocycles. The third kappa shape index (κ3) is 5.49. The summed E-state index contributed by atoms with van der Waals surface area (Å²) in [5.41, 5.74) is 1.21. The van der Waals surface area contributed by atoms with Gasteiger partial charge in [0.15, 0.2) is 0 Å². The number of hydrogen-bond acceptors (Lipinski definition) is 3. The molecule has 1 atom stereocenters.